The van der Waals surface area contributed by atoms with Crippen LogP contribution in [0.5, 0.6) is 5.75 Å². The van der Waals surface area contributed by atoms with Crippen molar-refractivity contribution in [1.82, 2.24) is 9.88 Å². The Hall–Kier alpha value is -2.60. The summed E-state index contributed by atoms with van der Waals surface area (Å²) in [4.78, 5) is 21.7. The number of carbonyl (C=O) groups excluding carboxylic acids is 1. The number of rotatable bonds is 4. The molecule has 0 saturated carbocycles. The molecule has 0 spiro atoms. The topological polar surface area (TPSA) is 45.7 Å². The molecule has 28 heavy (non-hydrogen) atoms. The second-order valence-electron chi connectivity index (χ2n) is 7.32. The zero-order valence-electron chi connectivity index (χ0n) is 16.6. The molecule has 5 nitrogen and oxygen atoms in total. The largest absolute Gasteiger partial charge is 0.496 e. The smallest absolute Gasteiger partial charge is 0.227 e. The molecule has 0 atom stereocenters. The summed E-state index contributed by atoms with van der Waals surface area (Å²) in [6.45, 7) is 7.24. The van der Waals surface area contributed by atoms with Crippen LogP contribution in [0.1, 0.15) is 16.7 Å². The van der Waals surface area contributed by atoms with Crippen molar-refractivity contribution < 1.29 is 9.53 Å². The Bertz CT molecular complexity index is 1010. The molecule has 1 amide bonds. The van der Waals surface area contributed by atoms with Gasteiger partial charge in [-0.25, -0.2) is 4.98 Å². The monoisotopic (exact) mass is 395 g/mol. The van der Waals surface area contributed by atoms with Crippen molar-refractivity contribution in [3.63, 3.8) is 0 Å². The number of aryl methyl sites for hydroxylation is 2. The van der Waals surface area contributed by atoms with Gasteiger partial charge in [0.15, 0.2) is 5.13 Å². The van der Waals surface area contributed by atoms with Gasteiger partial charge in [-0.2, -0.15) is 0 Å². The summed E-state index contributed by atoms with van der Waals surface area (Å²) in [5.41, 5.74) is 4.40. The van der Waals surface area contributed by atoms with Gasteiger partial charge in [-0.3, -0.25) is 4.79 Å². The van der Waals surface area contributed by atoms with Gasteiger partial charge in [0.2, 0.25) is 5.91 Å². The molecule has 2 aromatic carbocycles. The van der Waals surface area contributed by atoms with Gasteiger partial charge >= 0.3 is 0 Å². The Balaban J connectivity index is 1.37. The van der Waals surface area contributed by atoms with E-state index in [2.05, 4.69) is 30.0 Å². The number of thiazole rings is 1. The Morgan fingerprint density at radius 3 is 2.61 bits per heavy atom. The van der Waals surface area contributed by atoms with Crippen molar-refractivity contribution in [3.8, 4) is 5.75 Å². The lowest BCUT2D eigenvalue weighted by Gasteiger charge is -2.34. The number of piperazine rings is 1. The molecule has 2 heterocycles. The van der Waals surface area contributed by atoms with Gasteiger partial charge < -0.3 is 14.5 Å². The number of hydrogen-bond donors (Lipinski definition) is 0. The van der Waals surface area contributed by atoms with E-state index in [1.54, 1.807) is 18.4 Å². The summed E-state index contributed by atoms with van der Waals surface area (Å²) < 4.78 is 6.52. The van der Waals surface area contributed by atoms with E-state index in [4.69, 9.17) is 9.72 Å². The fourth-order valence-electron chi connectivity index (χ4n) is 3.64. The standard InChI is InChI=1S/C22H25N3O2S/c1-15-4-6-18-20(12-15)28-22(23-18)25-10-8-24(9-11-25)21(26)14-17-5-7-19(27-3)16(2)13-17/h4-7,12-13H,8-11,14H2,1-3H3. The number of benzene rings is 2. The summed E-state index contributed by atoms with van der Waals surface area (Å²) in [5, 5.41) is 1.05. The van der Waals surface area contributed by atoms with E-state index in [1.165, 1.54) is 10.3 Å². The summed E-state index contributed by atoms with van der Waals surface area (Å²) >= 11 is 1.73. The maximum atomic E-state index is 12.7. The molecule has 146 valence electrons. The van der Waals surface area contributed by atoms with Crippen molar-refractivity contribution in [2.75, 3.05) is 38.2 Å². The van der Waals surface area contributed by atoms with Gasteiger partial charge in [0.05, 0.1) is 23.7 Å². The lowest BCUT2D eigenvalue weighted by molar-refractivity contribution is -0.130. The van der Waals surface area contributed by atoms with Crippen LogP contribution in [-0.4, -0.2) is 49.1 Å². The number of nitrogens with zero attached hydrogens (tertiary/aromatic N) is 3. The molecule has 1 aliphatic rings. The van der Waals surface area contributed by atoms with Crippen molar-refractivity contribution >= 4 is 32.6 Å². The van der Waals surface area contributed by atoms with Crippen molar-refractivity contribution in [1.29, 1.82) is 0 Å². The Labute approximate surface area is 169 Å². The molecular formula is C22H25N3O2S. The zero-order valence-corrected chi connectivity index (χ0v) is 17.4. The molecule has 0 radical (unpaired) electrons. The van der Waals surface area contributed by atoms with Crippen LogP contribution in [0.2, 0.25) is 0 Å². The van der Waals surface area contributed by atoms with Crippen LogP contribution in [0, 0.1) is 13.8 Å². The number of hydrogen-bond acceptors (Lipinski definition) is 5. The van der Waals surface area contributed by atoms with Gasteiger partial charge in [0.1, 0.15) is 5.75 Å². The Morgan fingerprint density at radius 1 is 1.11 bits per heavy atom. The fourth-order valence-corrected chi connectivity index (χ4v) is 4.75. The maximum absolute atomic E-state index is 12.7. The third-order valence-electron chi connectivity index (χ3n) is 5.25. The van der Waals surface area contributed by atoms with Crippen LogP contribution in [0.4, 0.5) is 5.13 Å². The van der Waals surface area contributed by atoms with Crippen LogP contribution < -0.4 is 9.64 Å². The number of carbonyl (C=O) groups is 1. The molecule has 6 heteroatoms. The van der Waals surface area contributed by atoms with Gasteiger partial charge in [-0.1, -0.05) is 29.5 Å². The van der Waals surface area contributed by atoms with E-state index in [1.807, 2.05) is 30.0 Å². The van der Waals surface area contributed by atoms with Crippen molar-refractivity contribution in [2.24, 2.45) is 0 Å². The van der Waals surface area contributed by atoms with Crippen LogP contribution in [0.15, 0.2) is 36.4 Å². The Kier molecular flexibility index (Phi) is 5.22. The lowest BCUT2D eigenvalue weighted by atomic mass is 10.1. The normalized spacial score (nSPS) is 14.5. The molecule has 0 unspecified atom stereocenters. The number of fused-ring (bicyclic) bond motifs is 1. The minimum Gasteiger partial charge on any atom is -0.496 e. The lowest BCUT2D eigenvalue weighted by Crippen LogP contribution is -2.49. The average molecular weight is 396 g/mol. The quantitative estimate of drug-likeness (QED) is 0.674. The van der Waals surface area contributed by atoms with E-state index in [9.17, 15) is 4.79 Å². The third kappa shape index (κ3) is 3.83. The molecule has 1 fully saturated rings. The average Bonchev–Trinajstić information content (AvgIpc) is 3.11. The highest BCUT2D eigenvalue weighted by molar-refractivity contribution is 7.22. The van der Waals surface area contributed by atoms with Gasteiger partial charge in [-0.05, 0) is 48.7 Å². The van der Waals surface area contributed by atoms with Crippen LogP contribution in [0.3, 0.4) is 0 Å². The number of methoxy groups -OCH3 is 1. The number of ether oxygens (including phenoxy) is 1. The molecule has 0 bridgehead atoms. The summed E-state index contributed by atoms with van der Waals surface area (Å²) in [6.07, 6.45) is 0.436. The van der Waals surface area contributed by atoms with Crippen LogP contribution in [-0.2, 0) is 11.2 Å². The first-order valence-corrected chi connectivity index (χ1v) is 10.4. The minimum atomic E-state index is 0.184. The highest BCUT2D eigenvalue weighted by atomic mass is 32.1. The summed E-state index contributed by atoms with van der Waals surface area (Å²) in [6, 6.07) is 12.3. The predicted molar refractivity (Wildman–Crippen MR) is 115 cm³/mol. The van der Waals surface area contributed by atoms with Gasteiger partial charge in [0.25, 0.3) is 0 Å². The third-order valence-corrected chi connectivity index (χ3v) is 6.33. The van der Waals surface area contributed by atoms with Gasteiger partial charge in [0, 0.05) is 26.2 Å². The molecular weight excluding hydrogens is 370 g/mol. The highest BCUT2D eigenvalue weighted by Crippen LogP contribution is 2.30. The SMILES string of the molecule is COc1ccc(CC(=O)N2CCN(c3nc4ccc(C)cc4s3)CC2)cc1C. The second-order valence-corrected chi connectivity index (χ2v) is 8.33. The van der Waals surface area contributed by atoms with Crippen LogP contribution in [0.25, 0.3) is 10.2 Å². The molecule has 1 saturated heterocycles. The second kappa shape index (κ2) is 7.80. The zero-order chi connectivity index (χ0) is 19.7. The van der Waals surface area contributed by atoms with E-state index in [0.717, 1.165) is 53.7 Å². The number of aromatic nitrogens is 1. The number of amides is 1. The van der Waals surface area contributed by atoms with E-state index >= 15 is 0 Å². The summed E-state index contributed by atoms with van der Waals surface area (Å²) in [7, 11) is 1.67. The van der Waals surface area contributed by atoms with E-state index in [-0.39, 0.29) is 5.91 Å². The summed E-state index contributed by atoms with van der Waals surface area (Å²) in [5.74, 6) is 1.04. The molecule has 3 aromatic rings. The van der Waals surface area contributed by atoms with Crippen molar-refractivity contribution in [2.45, 2.75) is 20.3 Å². The first-order chi connectivity index (χ1) is 13.5. The highest BCUT2D eigenvalue weighted by Gasteiger charge is 2.23. The molecule has 0 aliphatic carbocycles. The number of anilines is 1. The molecule has 1 aliphatic heterocycles. The predicted octanol–water partition coefficient (Wildman–Crippen LogP) is 3.81. The minimum absolute atomic E-state index is 0.184. The first-order valence-electron chi connectivity index (χ1n) is 9.57. The fraction of sp³-hybridized carbons (Fsp3) is 0.364. The Morgan fingerprint density at radius 2 is 1.89 bits per heavy atom. The first kappa shape index (κ1) is 18.7. The molecule has 1 aromatic heterocycles. The van der Waals surface area contributed by atoms with Crippen LogP contribution >= 0.6 is 11.3 Å². The molecule has 4 rings (SSSR count). The van der Waals surface area contributed by atoms with E-state index < -0.39 is 0 Å². The van der Waals surface area contributed by atoms with Crippen molar-refractivity contribution in [3.05, 3.63) is 53.1 Å². The van der Waals surface area contributed by atoms with E-state index in [0.29, 0.717) is 6.42 Å². The molecule has 0 N–H and O–H groups in total. The maximum Gasteiger partial charge on any atom is 0.227 e. The van der Waals surface area contributed by atoms with Gasteiger partial charge in [-0.15, -0.1) is 0 Å².